The topological polar surface area (TPSA) is 80.9 Å². The molecular weight excluding hydrogens is 268 g/mol. The van der Waals surface area contributed by atoms with Crippen molar-refractivity contribution in [3.05, 3.63) is 53.2 Å². The zero-order valence-corrected chi connectivity index (χ0v) is 11.8. The highest BCUT2D eigenvalue weighted by atomic mass is 16.5. The molecule has 0 bridgehead atoms. The van der Waals surface area contributed by atoms with Gasteiger partial charge in [-0.3, -0.25) is 4.79 Å². The van der Waals surface area contributed by atoms with Gasteiger partial charge < -0.3 is 9.84 Å². The van der Waals surface area contributed by atoms with Crippen molar-refractivity contribution in [2.45, 2.75) is 20.4 Å². The van der Waals surface area contributed by atoms with Crippen LogP contribution in [0.1, 0.15) is 27.4 Å². The van der Waals surface area contributed by atoms with Gasteiger partial charge in [-0.05, 0) is 32.0 Å². The van der Waals surface area contributed by atoms with Crippen molar-refractivity contribution in [3.8, 4) is 0 Å². The molecule has 0 radical (unpaired) electrons. The Kier molecular flexibility index (Phi) is 3.35. The van der Waals surface area contributed by atoms with E-state index in [0.717, 1.165) is 16.9 Å². The number of carbonyl (C=O) groups is 1. The summed E-state index contributed by atoms with van der Waals surface area (Å²) in [6, 6.07) is 6.99. The SMILES string of the molecule is Cc1nc2ccc(C(=O)NCc3ccon3)cc2nc1C. The van der Waals surface area contributed by atoms with Crippen molar-refractivity contribution in [2.24, 2.45) is 0 Å². The summed E-state index contributed by atoms with van der Waals surface area (Å²) < 4.78 is 4.71. The molecule has 0 unspecified atom stereocenters. The predicted octanol–water partition coefficient (Wildman–Crippen LogP) is 2.16. The molecule has 1 amide bonds. The standard InChI is InChI=1S/C15H14N4O2/c1-9-10(2)18-14-7-11(3-4-13(14)17-9)15(20)16-8-12-5-6-21-19-12/h3-7H,8H2,1-2H3,(H,16,20). The second kappa shape index (κ2) is 5.32. The van der Waals surface area contributed by atoms with Crippen molar-refractivity contribution in [1.29, 1.82) is 0 Å². The van der Waals surface area contributed by atoms with Gasteiger partial charge in [0.15, 0.2) is 0 Å². The van der Waals surface area contributed by atoms with Gasteiger partial charge in [-0.15, -0.1) is 0 Å². The second-order valence-corrected chi connectivity index (χ2v) is 4.77. The van der Waals surface area contributed by atoms with Gasteiger partial charge in [0.25, 0.3) is 5.91 Å². The molecule has 3 aromatic rings. The van der Waals surface area contributed by atoms with E-state index in [-0.39, 0.29) is 5.91 Å². The van der Waals surface area contributed by atoms with Crippen molar-refractivity contribution >= 4 is 16.9 Å². The number of rotatable bonds is 3. The van der Waals surface area contributed by atoms with E-state index in [0.29, 0.717) is 23.3 Å². The van der Waals surface area contributed by atoms with Gasteiger partial charge in [0.2, 0.25) is 0 Å². The zero-order valence-electron chi connectivity index (χ0n) is 11.8. The number of aromatic nitrogens is 3. The van der Waals surface area contributed by atoms with Crippen molar-refractivity contribution in [1.82, 2.24) is 20.4 Å². The fourth-order valence-electron chi connectivity index (χ4n) is 1.97. The number of fused-ring (bicyclic) bond motifs is 1. The monoisotopic (exact) mass is 282 g/mol. The maximum atomic E-state index is 12.1. The number of nitrogens with one attached hydrogen (secondary N) is 1. The molecule has 0 saturated carbocycles. The molecule has 2 heterocycles. The molecule has 1 aromatic carbocycles. The molecule has 6 nitrogen and oxygen atoms in total. The van der Waals surface area contributed by atoms with Gasteiger partial charge in [0, 0.05) is 11.6 Å². The van der Waals surface area contributed by atoms with Crippen LogP contribution in [0, 0.1) is 13.8 Å². The van der Waals surface area contributed by atoms with E-state index in [1.807, 2.05) is 13.8 Å². The quantitative estimate of drug-likeness (QED) is 0.796. The number of hydrogen-bond donors (Lipinski definition) is 1. The first-order valence-corrected chi connectivity index (χ1v) is 6.56. The average molecular weight is 282 g/mol. The van der Waals surface area contributed by atoms with Gasteiger partial charge in [-0.1, -0.05) is 5.16 Å². The summed E-state index contributed by atoms with van der Waals surface area (Å²) in [5, 5.41) is 6.52. The highest BCUT2D eigenvalue weighted by molar-refractivity contribution is 5.97. The van der Waals surface area contributed by atoms with Crippen molar-refractivity contribution in [2.75, 3.05) is 0 Å². The lowest BCUT2D eigenvalue weighted by atomic mass is 10.1. The van der Waals surface area contributed by atoms with Crippen LogP contribution in [0.25, 0.3) is 11.0 Å². The van der Waals surface area contributed by atoms with E-state index in [2.05, 4.69) is 20.4 Å². The molecule has 0 atom stereocenters. The molecular formula is C15H14N4O2. The van der Waals surface area contributed by atoms with Crippen LogP contribution in [0.3, 0.4) is 0 Å². The minimum atomic E-state index is -0.181. The number of amides is 1. The first kappa shape index (κ1) is 13.2. The fourth-order valence-corrected chi connectivity index (χ4v) is 1.97. The Bertz CT molecular complexity index is 797. The lowest BCUT2D eigenvalue weighted by Crippen LogP contribution is -2.22. The second-order valence-electron chi connectivity index (χ2n) is 4.77. The summed E-state index contributed by atoms with van der Waals surface area (Å²) in [5.41, 5.74) is 4.48. The van der Waals surface area contributed by atoms with Crippen LogP contribution in [0.15, 0.2) is 35.1 Å². The van der Waals surface area contributed by atoms with E-state index < -0.39 is 0 Å². The Morgan fingerprint density at radius 2 is 1.90 bits per heavy atom. The maximum absolute atomic E-state index is 12.1. The Hall–Kier alpha value is -2.76. The minimum Gasteiger partial charge on any atom is -0.364 e. The van der Waals surface area contributed by atoms with E-state index in [1.54, 1.807) is 24.3 Å². The number of aryl methyl sites for hydroxylation is 2. The first-order chi connectivity index (χ1) is 10.1. The normalized spacial score (nSPS) is 10.8. The lowest BCUT2D eigenvalue weighted by molar-refractivity contribution is 0.0950. The number of hydrogen-bond acceptors (Lipinski definition) is 5. The van der Waals surface area contributed by atoms with E-state index in [9.17, 15) is 4.79 Å². The Morgan fingerprint density at radius 1 is 1.14 bits per heavy atom. The van der Waals surface area contributed by atoms with Crippen LogP contribution in [0.2, 0.25) is 0 Å². The number of nitrogens with zero attached hydrogens (tertiary/aromatic N) is 3. The third kappa shape index (κ3) is 2.74. The van der Waals surface area contributed by atoms with Gasteiger partial charge in [0.05, 0.1) is 29.0 Å². The summed E-state index contributed by atoms with van der Waals surface area (Å²) in [6.45, 7) is 4.14. The molecule has 0 aliphatic carbocycles. The van der Waals surface area contributed by atoms with Crippen LogP contribution < -0.4 is 5.32 Å². The van der Waals surface area contributed by atoms with Gasteiger partial charge in [-0.2, -0.15) is 0 Å². The molecule has 21 heavy (non-hydrogen) atoms. The summed E-state index contributed by atoms with van der Waals surface area (Å²) in [4.78, 5) is 21.0. The third-order valence-electron chi connectivity index (χ3n) is 3.26. The van der Waals surface area contributed by atoms with E-state index in [1.165, 1.54) is 6.26 Å². The molecule has 0 spiro atoms. The summed E-state index contributed by atoms with van der Waals surface area (Å²) in [5.74, 6) is -0.181. The molecule has 6 heteroatoms. The van der Waals surface area contributed by atoms with Crippen LogP contribution >= 0.6 is 0 Å². The highest BCUT2D eigenvalue weighted by Crippen LogP contribution is 2.14. The molecule has 2 aromatic heterocycles. The largest absolute Gasteiger partial charge is 0.364 e. The molecule has 0 aliphatic rings. The first-order valence-electron chi connectivity index (χ1n) is 6.56. The fraction of sp³-hybridized carbons (Fsp3) is 0.200. The van der Waals surface area contributed by atoms with Crippen molar-refractivity contribution in [3.63, 3.8) is 0 Å². The molecule has 0 saturated heterocycles. The number of carbonyl (C=O) groups excluding carboxylic acids is 1. The highest BCUT2D eigenvalue weighted by Gasteiger charge is 2.09. The summed E-state index contributed by atoms with van der Waals surface area (Å²) >= 11 is 0. The van der Waals surface area contributed by atoms with Crippen LogP contribution in [-0.2, 0) is 6.54 Å². The molecule has 0 aliphatic heterocycles. The summed E-state index contributed by atoms with van der Waals surface area (Å²) in [7, 11) is 0. The molecule has 106 valence electrons. The van der Waals surface area contributed by atoms with Gasteiger partial charge in [-0.25, -0.2) is 9.97 Å². The zero-order chi connectivity index (χ0) is 14.8. The Morgan fingerprint density at radius 3 is 2.62 bits per heavy atom. The lowest BCUT2D eigenvalue weighted by Gasteiger charge is -2.06. The third-order valence-corrected chi connectivity index (χ3v) is 3.26. The average Bonchev–Trinajstić information content (AvgIpc) is 2.99. The molecule has 0 fully saturated rings. The smallest absolute Gasteiger partial charge is 0.251 e. The van der Waals surface area contributed by atoms with Crippen LogP contribution in [-0.4, -0.2) is 21.0 Å². The van der Waals surface area contributed by atoms with E-state index >= 15 is 0 Å². The predicted molar refractivity (Wildman–Crippen MR) is 76.7 cm³/mol. The van der Waals surface area contributed by atoms with Crippen molar-refractivity contribution < 1.29 is 9.32 Å². The molecule has 3 rings (SSSR count). The summed E-state index contributed by atoms with van der Waals surface area (Å²) in [6.07, 6.45) is 1.47. The van der Waals surface area contributed by atoms with E-state index in [4.69, 9.17) is 4.52 Å². The molecule has 1 N–H and O–H groups in total. The Labute approximate surface area is 121 Å². The van der Waals surface area contributed by atoms with Crippen LogP contribution in [0.4, 0.5) is 0 Å². The van der Waals surface area contributed by atoms with Crippen LogP contribution in [0.5, 0.6) is 0 Å². The number of benzene rings is 1. The Balaban J connectivity index is 1.83. The van der Waals surface area contributed by atoms with Gasteiger partial charge in [0.1, 0.15) is 12.0 Å². The van der Waals surface area contributed by atoms with Gasteiger partial charge >= 0.3 is 0 Å². The minimum absolute atomic E-state index is 0.181. The maximum Gasteiger partial charge on any atom is 0.251 e.